The molecule has 0 radical (unpaired) electrons. The number of carbonyl (C=O) groups is 2. The van der Waals surface area contributed by atoms with Crippen molar-refractivity contribution >= 4 is 39.6 Å². The zero-order chi connectivity index (χ0) is 19.2. The van der Waals surface area contributed by atoms with Crippen LogP contribution in [0.3, 0.4) is 0 Å². The molecule has 140 valence electrons. The smallest absolute Gasteiger partial charge is 0.261 e. The van der Waals surface area contributed by atoms with Gasteiger partial charge in [-0.1, -0.05) is 6.07 Å². The Hall–Kier alpha value is -2.91. The van der Waals surface area contributed by atoms with Crippen LogP contribution >= 0.6 is 22.7 Å². The number of benzene rings is 1. The van der Waals surface area contributed by atoms with Gasteiger partial charge in [-0.2, -0.15) is 0 Å². The fourth-order valence-corrected chi connectivity index (χ4v) is 3.65. The Balaban J connectivity index is 1.62. The number of ether oxygens (including phenoxy) is 2. The highest BCUT2D eigenvalue weighted by Crippen LogP contribution is 2.34. The molecule has 0 saturated heterocycles. The summed E-state index contributed by atoms with van der Waals surface area (Å²) in [4.78, 5) is 28.9. The number of carbonyl (C=O) groups excluding carboxylic acids is 2. The van der Waals surface area contributed by atoms with E-state index < -0.39 is 0 Å². The molecule has 0 fully saturated rings. The van der Waals surface area contributed by atoms with Crippen molar-refractivity contribution in [2.45, 2.75) is 0 Å². The van der Waals surface area contributed by atoms with Gasteiger partial charge in [-0.25, -0.2) is 4.98 Å². The lowest BCUT2D eigenvalue weighted by molar-refractivity contribution is -0.115. The van der Waals surface area contributed by atoms with Crippen LogP contribution in [0.15, 0.2) is 41.1 Å². The Morgan fingerprint density at radius 1 is 1.15 bits per heavy atom. The van der Waals surface area contributed by atoms with Crippen LogP contribution in [0.1, 0.15) is 9.67 Å². The summed E-state index contributed by atoms with van der Waals surface area (Å²) in [6.07, 6.45) is 0. The number of methoxy groups -OCH3 is 2. The van der Waals surface area contributed by atoms with E-state index in [0.717, 1.165) is 5.56 Å². The van der Waals surface area contributed by atoms with Crippen molar-refractivity contribution in [2.75, 3.05) is 26.1 Å². The van der Waals surface area contributed by atoms with Gasteiger partial charge in [0.15, 0.2) is 5.13 Å². The number of anilines is 1. The summed E-state index contributed by atoms with van der Waals surface area (Å²) >= 11 is 2.61. The molecule has 27 heavy (non-hydrogen) atoms. The number of hydrogen-bond acceptors (Lipinski definition) is 7. The number of nitrogens with zero attached hydrogens (tertiary/aromatic N) is 1. The van der Waals surface area contributed by atoms with E-state index >= 15 is 0 Å². The number of aromatic nitrogens is 1. The van der Waals surface area contributed by atoms with Crippen molar-refractivity contribution in [1.82, 2.24) is 10.3 Å². The molecule has 2 N–H and O–H groups in total. The van der Waals surface area contributed by atoms with Crippen LogP contribution < -0.4 is 20.1 Å². The number of rotatable bonds is 7. The Morgan fingerprint density at radius 2 is 2.00 bits per heavy atom. The Labute approximate surface area is 164 Å². The molecule has 9 heteroatoms. The number of amides is 2. The molecule has 0 aliphatic rings. The zero-order valence-electron chi connectivity index (χ0n) is 14.6. The van der Waals surface area contributed by atoms with Crippen molar-refractivity contribution in [3.05, 3.63) is 46.0 Å². The second-order valence-electron chi connectivity index (χ2n) is 5.31. The molecule has 2 aromatic heterocycles. The molecule has 3 rings (SSSR count). The first kappa shape index (κ1) is 18.9. The van der Waals surface area contributed by atoms with Crippen molar-refractivity contribution in [3.8, 4) is 22.8 Å². The van der Waals surface area contributed by atoms with E-state index in [9.17, 15) is 9.59 Å². The lowest BCUT2D eigenvalue weighted by atomic mass is 10.1. The largest absolute Gasteiger partial charge is 0.497 e. The van der Waals surface area contributed by atoms with Crippen LogP contribution in [0.5, 0.6) is 11.5 Å². The van der Waals surface area contributed by atoms with Gasteiger partial charge in [-0.15, -0.1) is 22.7 Å². The third-order valence-electron chi connectivity index (χ3n) is 3.59. The molecular weight excluding hydrogens is 386 g/mol. The zero-order valence-corrected chi connectivity index (χ0v) is 16.3. The molecule has 0 bridgehead atoms. The summed E-state index contributed by atoms with van der Waals surface area (Å²) in [5.41, 5.74) is 1.47. The molecule has 2 heterocycles. The highest BCUT2D eigenvalue weighted by atomic mass is 32.1. The molecule has 2 amide bonds. The number of thiazole rings is 1. The predicted molar refractivity (Wildman–Crippen MR) is 106 cm³/mol. The summed E-state index contributed by atoms with van der Waals surface area (Å²) in [6, 6.07) is 8.92. The standard InChI is InChI=1S/C18H17N3O4S2/c1-24-11-5-6-12(14(8-11)25-2)13-10-27-18(20-13)21-16(22)9-19-17(23)15-4-3-7-26-15/h3-8,10H,9H2,1-2H3,(H,19,23)(H,20,21,22). The minimum Gasteiger partial charge on any atom is -0.497 e. The van der Waals surface area contributed by atoms with E-state index in [1.54, 1.807) is 37.8 Å². The SMILES string of the molecule is COc1ccc(-c2csc(NC(=O)CNC(=O)c3cccs3)n2)c(OC)c1. The van der Waals surface area contributed by atoms with Gasteiger partial charge >= 0.3 is 0 Å². The number of hydrogen-bond donors (Lipinski definition) is 2. The second-order valence-corrected chi connectivity index (χ2v) is 7.12. The quantitative estimate of drug-likeness (QED) is 0.632. The minimum atomic E-state index is -0.345. The molecule has 0 unspecified atom stereocenters. The summed E-state index contributed by atoms with van der Waals surface area (Å²) in [7, 11) is 3.16. The highest BCUT2D eigenvalue weighted by molar-refractivity contribution is 7.14. The van der Waals surface area contributed by atoms with Gasteiger partial charge in [-0.05, 0) is 23.6 Å². The third-order valence-corrected chi connectivity index (χ3v) is 5.22. The van der Waals surface area contributed by atoms with Crippen molar-refractivity contribution < 1.29 is 19.1 Å². The Bertz CT molecular complexity index is 938. The van der Waals surface area contributed by atoms with Gasteiger partial charge in [0.2, 0.25) is 5.91 Å². The van der Waals surface area contributed by atoms with E-state index in [0.29, 0.717) is 27.2 Å². The molecule has 0 spiro atoms. The van der Waals surface area contributed by atoms with Crippen LogP contribution in [0.25, 0.3) is 11.3 Å². The van der Waals surface area contributed by atoms with Crippen LogP contribution in [0.4, 0.5) is 5.13 Å². The Morgan fingerprint density at radius 3 is 2.70 bits per heavy atom. The average molecular weight is 403 g/mol. The summed E-state index contributed by atoms with van der Waals surface area (Å²) in [6.45, 7) is -0.127. The third kappa shape index (κ3) is 4.63. The van der Waals surface area contributed by atoms with E-state index in [4.69, 9.17) is 9.47 Å². The summed E-state index contributed by atoms with van der Waals surface area (Å²) in [5.74, 6) is 0.687. The number of thiophene rings is 1. The molecule has 7 nitrogen and oxygen atoms in total. The molecular formula is C18H17N3O4S2. The maximum atomic E-state index is 12.0. The lowest BCUT2D eigenvalue weighted by Gasteiger charge is -2.08. The van der Waals surface area contributed by atoms with Gasteiger partial charge < -0.3 is 20.1 Å². The average Bonchev–Trinajstić information content (AvgIpc) is 3.37. The summed E-state index contributed by atoms with van der Waals surface area (Å²) in [5, 5.41) is 9.33. The lowest BCUT2D eigenvalue weighted by Crippen LogP contribution is -2.32. The van der Waals surface area contributed by atoms with E-state index in [2.05, 4.69) is 15.6 Å². The van der Waals surface area contributed by atoms with Crippen LogP contribution in [-0.2, 0) is 4.79 Å². The molecule has 0 aliphatic heterocycles. The van der Waals surface area contributed by atoms with E-state index in [-0.39, 0.29) is 18.4 Å². The normalized spacial score (nSPS) is 10.3. The van der Waals surface area contributed by atoms with Crippen LogP contribution in [0, 0.1) is 0 Å². The molecule has 0 aliphatic carbocycles. The van der Waals surface area contributed by atoms with E-state index in [1.165, 1.54) is 22.7 Å². The fraction of sp³-hybridized carbons (Fsp3) is 0.167. The minimum absolute atomic E-state index is 0.127. The topological polar surface area (TPSA) is 89.6 Å². The first-order valence-electron chi connectivity index (χ1n) is 7.90. The number of nitrogens with one attached hydrogen (secondary N) is 2. The van der Waals surface area contributed by atoms with Crippen LogP contribution in [0.2, 0.25) is 0 Å². The van der Waals surface area contributed by atoms with Gasteiger partial charge in [0.25, 0.3) is 5.91 Å². The van der Waals surface area contributed by atoms with Crippen LogP contribution in [-0.4, -0.2) is 37.6 Å². The molecule has 0 atom stereocenters. The first-order valence-corrected chi connectivity index (χ1v) is 9.66. The van der Waals surface area contributed by atoms with Gasteiger partial charge in [0.1, 0.15) is 11.5 Å². The highest BCUT2D eigenvalue weighted by Gasteiger charge is 2.14. The molecule has 3 aromatic rings. The maximum Gasteiger partial charge on any atom is 0.261 e. The van der Waals surface area contributed by atoms with Gasteiger partial charge in [0.05, 0.1) is 31.3 Å². The van der Waals surface area contributed by atoms with Gasteiger partial charge in [-0.3, -0.25) is 9.59 Å². The van der Waals surface area contributed by atoms with Gasteiger partial charge in [0, 0.05) is 17.0 Å². The van der Waals surface area contributed by atoms with Crippen molar-refractivity contribution in [1.29, 1.82) is 0 Å². The Kier molecular flexibility index (Phi) is 6.05. The fourth-order valence-electron chi connectivity index (χ4n) is 2.28. The van der Waals surface area contributed by atoms with Crippen molar-refractivity contribution in [2.24, 2.45) is 0 Å². The van der Waals surface area contributed by atoms with E-state index in [1.807, 2.05) is 17.5 Å². The predicted octanol–water partition coefficient (Wildman–Crippen LogP) is 3.26. The molecule has 0 saturated carbocycles. The summed E-state index contributed by atoms with van der Waals surface area (Å²) < 4.78 is 10.6. The second kappa shape index (κ2) is 8.65. The monoisotopic (exact) mass is 403 g/mol. The first-order chi connectivity index (χ1) is 13.1. The maximum absolute atomic E-state index is 12.0. The van der Waals surface area contributed by atoms with Crippen molar-refractivity contribution in [3.63, 3.8) is 0 Å². The molecule has 1 aromatic carbocycles.